The van der Waals surface area contributed by atoms with Crippen molar-refractivity contribution in [1.82, 2.24) is 0 Å². The smallest absolute Gasteiger partial charge is 0.336 e. The maximum Gasteiger partial charge on any atom is 0.336 e. The molecule has 0 fully saturated rings. The van der Waals surface area contributed by atoms with Gasteiger partial charge in [0.15, 0.2) is 0 Å². The normalized spacial score (nSPS) is 10.8. The van der Waals surface area contributed by atoms with Crippen molar-refractivity contribution < 1.29 is 18.7 Å². The van der Waals surface area contributed by atoms with E-state index in [0.29, 0.717) is 27.8 Å². The van der Waals surface area contributed by atoms with Crippen LogP contribution in [0.25, 0.3) is 11.1 Å². The van der Waals surface area contributed by atoms with Crippen molar-refractivity contribution in [3.8, 4) is 11.1 Å². The minimum atomic E-state index is -2.46. The Balaban J connectivity index is 2.41. The topological polar surface area (TPSA) is 37.3 Å². The zero-order chi connectivity index (χ0) is 14.7. The second-order valence-corrected chi connectivity index (χ2v) is 5.32. The number of hydrogen-bond acceptors (Lipinski definition) is 2. The second kappa shape index (κ2) is 6.05. The van der Waals surface area contributed by atoms with Crippen LogP contribution in [0.5, 0.6) is 0 Å². The Morgan fingerprint density at radius 1 is 1.15 bits per heavy atom. The maximum atomic E-state index is 12.3. The molecule has 0 bridgehead atoms. The van der Waals surface area contributed by atoms with Gasteiger partial charge in [0.25, 0.3) is 5.76 Å². The number of alkyl halides is 2. The highest BCUT2D eigenvalue weighted by Gasteiger charge is 2.12. The molecule has 1 N–H and O–H groups in total. The first kappa shape index (κ1) is 14.5. The molecule has 0 aliphatic heterocycles. The molecule has 0 saturated heterocycles. The molecule has 0 atom stereocenters. The van der Waals surface area contributed by atoms with Crippen LogP contribution < -0.4 is 0 Å². The highest BCUT2D eigenvalue weighted by molar-refractivity contribution is 7.99. The first-order valence-corrected chi connectivity index (χ1v) is 6.74. The first-order valence-electron chi connectivity index (χ1n) is 5.86. The summed E-state index contributed by atoms with van der Waals surface area (Å²) in [4.78, 5) is 11.7. The molecule has 0 amide bonds. The van der Waals surface area contributed by atoms with E-state index in [-0.39, 0.29) is 5.56 Å². The van der Waals surface area contributed by atoms with E-state index in [1.807, 2.05) is 6.92 Å². The average Bonchev–Trinajstić information content (AvgIpc) is 2.38. The number of thioether (sulfide) groups is 1. The molecule has 104 valence electrons. The van der Waals surface area contributed by atoms with Gasteiger partial charge >= 0.3 is 5.97 Å². The van der Waals surface area contributed by atoms with Crippen LogP contribution in [0.2, 0.25) is 0 Å². The molecule has 0 aliphatic rings. The Bertz CT molecular complexity index is 624. The fourth-order valence-electron chi connectivity index (χ4n) is 1.90. The Morgan fingerprint density at radius 3 is 2.35 bits per heavy atom. The average molecular weight is 294 g/mol. The van der Waals surface area contributed by atoms with Gasteiger partial charge in [0.05, 0.1) is 5.56 Å². The SMILES string of the molecule is Cc1ccc(C(=O)O)c(-c2ccc(SC(F)F)cc2)c1. The summed E-state index contributed by atoms with van der Waals surface area (Å²) < 4.78 is 24.5. The van der Waals surface area contributed by atoms with Gasteiger partial charge in [-0.1, -0.05) is 41.6 Å². The molecule has 2 aromatic carbocycles. The first-order chi connectivity index (χ1) is 9.47. The van der Waals surface area contributed by atoms with Crippen LogP contribution in [0.3, 0.4) is 0 Å². The fourth-order valence-corrected chi connectivity index (χ4v) is 2.40. The van der Waals surface area contributed by atoms with Crippen molar-refractivity contribution in [1.29, 1.82) is 0 Å². The monoisotopic (exact) mass is 294 g/mol. The van der Waals surface area contributed by atoms with E-state index in [1.54, 1.807) is 42.5 Å². The summed E-state index contributed by atoms with van der Waals surface area (Å²) >= 11 is 0.466. The lowest BCUT2D eigenvalue weighted by atomic mass is 9.98. The van der Waals surface area contributed by atoms with Crippen molar-refractivity contribution in [3.63, 3.8) is 0 Å². The van der Waals surface area contributed by atoms with Gasteiger partial charge in [-0.25, -0.2) is 4.79 Å². The number of carboxylic acids is 1. The van der Waals surface area contributed by atoms with E-state index in [1.165, 1.54) is 0 Å². The molecule has 0 radical (unpaired) electrons. The maximum absolute atomic E-state index is 12.3. The predicted molar refractivity (Wildman–Crippen MR) is 75.4 cm³/mol. The van der Waals surface area contributed by atoms with E-state index in [0.717, 1.165) is 5.56 Å². The van der Waals surface area contributed by atoms with Gasteiger partial charge in [-0.15, -0.1) is 0 Å². The van der Waals surface area contributed by atoms with Crippen LogP contribution in [-0.2, 0) is 0 Å². The van der Waals surface area contributed by atoms with E-state index >= 15 is 0 Å². The molecule has 2 rings (SSSR count). The Labute approximate surface area is 119 Å². The summed E-state index contributed by atoms with van der Waals surface area (Å²) in [5, 5.41) is 9.19. The molecule has 0 aliphatic carbocycles. The van der Waals surface area contributed by atoms with Crippen molar-refractivity contribution in [3.05, 3.63) is 53.6 Å². The highest BCUT2D eigenvalue weighted by Crippen LogP contribution is 2.30. The summed E-state index contributed by atoms with van der Waals surface area (Å²) in [5.41, 5.74) is 2.43. The standard InChI is InChI=1S/C15H12F2O2S/c1-9-2-7-12(14(18)19)13(8-9)10-3-5-11(6-4-10)20-15(16)17/h2-8,15H,1H3,(H,18,19). The van der Waals surface area contributed by atoms with Crippen molar-refractivity contribution >= 4 is 17.7 Å². The van der Waals surface area contributed by atoms with E-state index < -0.39 is 11.7 Å². The third-order valence-corrected chi connectivity index (χ3v) is 3.52. The molecular formula is C15H12F2O2S. The molecule has 2 aromatic rings. The van der Waals surface area contributed by atoms with Gasteiger partial charge in [0.2, 0.25) is 0 Å². The van der Waals surface area contributed by atoms with Crippen LogP contribution in [0.4, 0.5) is 8.78 Å². The lowest BCUT2D eigenvalue weighted by Crippen LogP contribution is -1.99. The molecule has 0 aromatic heterocycles. The lowest BCUT2D eigenvalue weighted by Gasteiger charge is -2.08. The number of benzene rings is 2. The Kier molecular flexibility index (Phi) is 4.39. The van der Waals surface area contributed by atoms with Gasteiger partial charge in [0, 0.05) is 4.90 Å². The van der Waals surface area contributed by atoms with Gasteiger partial charge in [-0.2, -0.15) is 8.78 Å². The minimum absolute atomic E-state index is 0.199. The Morgan fingerprint density at radius 2 is 1.80 bits per heavy atom. The molecular weight excluding hydrogens is 282 g/mol. The highest BCUT2D eigenvalue weighted by atomic mass is 32.2. The van der Waals surface area contributed by atoms with Gasteiger partial charge in [0.1, 0.15) is 0 Å². The van der Waals surface area contributed by atoms with E-state index in [4.69, 9.17) is 0 Å². The summed E-state index contributed by atoms with van der Waals surface area (Å²) in [6.45, 7) is 1.87. The van der Waals surface area contributed by atoms with Crippen molar-refractivity contribution in [2.45, 2.75) is 17.6 Å². The minimum Gasteiger partial charge on any atom is -0.478 e. The summed E-state index contributed by atoms with van der Waals surface area (Å²) in [7, 11) is 0. The van der Waals surface area contributed by atoms with Gasteiger partial charge in [-0.3, -0.25) is 0 Å². The van der Waals surface area contributed by atoms with Crippen molar-refractivity contribution in [2.75, 3.05) is 0 Å². The third-order valence-electron chi connectivity index (χ3n) is 2.80. The van der Waals surface area contributed by atoms with E-state index in [9.17, 15) is 18.7 Å². The number of aryl methyl sites for hydroxylation is 1. The number of rotatable bonds is 4. The van der Waals surface area contributed by atoms with Crippen LogP contribution >= 0.6 is 11.8 Å². The molecule has 20 heavy (non-hydrogen) atoms. The van der Waals surface area contributed by atoms with Crippen LogP contribution in [0.15, 0.2) is 47.4 Å². The fraction of sp³-hybridized carbons (Fsp3) is 0.133. The number of aromatic carboxylic acids is 1. The molecule has 0 unspecified atom stereocenters. The van der Waals surface area contributed by atoms with Gasteiger partial charge in [-0.05, 0) is 36.2 Å². The largest absolute Gasteiger partial charge is 0.478 e. The predicted octanol–water partition coefficient (Wildman–Crippen LogP) is 4.67. The number of carboxylic acid groups (broad SMARTS) is 1. The Hall–Kier alpha value is -1.88. The molecule has 0 saturated carbocycles. The van der Waals surface area contributed by atoms with Crippen molar-refractivity contribution in [2.24, 2.45) is 0 Å². The zero-order valence-corrected chi connectivity index (χ0v) is 11.5. The number of carbonyl (C=O) groups is 1. The third kappa shape index (κ3) is 3.36. The molecule has 0 heterocycles. The quantitative estimate of drug-likeness (QED) is 0.832. The molecule has 5 heteroatoms. The van der Waals surface area contributed by atoms with Crippen LogP contribution in [0.1, 0.15) is 15.9 Å². The lowest BCUT2D eigenvalue weighted by molar-refractivity contribution is 0.0697. The van der Waals surface area contributed by atoms with Crippen LogP contribution in [-0.4, -0.2) is 16.8 Å². The molecule has 0 spiro atoms. The number of halogens is 2. The summed E-state index contributed by atoms with van der Waals surface area (Å²) in [6, 6.07) is 11.5. The van der Waals surface area contributed by atoms with E-state index in [2.05, 4.69) is 0 Å². The molecule has 2 nitrogen and oxygen atoms in total. The summed E-state index contributed by atoms with van der Waals surface area (Å²) in [5.74, 6) is -3.47. The van der Waals surface area contributed by atoms with Crippen LogP contribution in [0, 0.1) is 6.92 Å². The number of hydrogen-bond donors (Lipinski definition) is 1. The zero-order valence-electron chi connectivity index (χ0n) is 10.6. The second-order valence-electron chi connectivity index (χ2n) is 4.26. The van der Waals surface area contributed by atoms with Gasteiger partial charge < -0.3 is 5.11 Å². The summed E-state index contributed by atoms with van der Waals surface area (Å²) in [6.07, 6.45) is 0.